The fraction of sp³-hybridized carbons (Fsp3) is 0.167. The molecule has 4 nitrogen and oxygen atoms in total. The Morgan fingerprint density at radius 1 is 1.33 bits per heavy atom. The Morgan fingerprint density at radius 3 is 2.56 bits per heavy atom. The van der Waals surface area contributed by atoms with E-state index in [-0.39, 0.29) is 0 Å². The molecule has 1 aromatic carbocycles. The van der Waals surface area contributed by atoms with Gasteiger partial charge in [0.15, 0.2) is 0 Å². The molecule has 1 N–H and O–H groups in total. The molecule has 0 bridgehead atoms. The van der Waals surface area contributed by atoms with Crippen molar-refractivity contribution < 1.29 is 18.7 Å². The Balaban J connectivity index is 2.42. The van der Waals surface area contributed by atoms with Gasteiger partial charge >= 0.3 is 5.97 Å². The standard InChI is InChI=1S/C12H10F2N2O2/c13-12(14)10-6-9(8-4-2-1-3-5-8)15-16(10)7-11(17)18/h1-6,12H,7H2,(H,17,18). The fourth-order valence-corrected chi connectivity index (χ4v) is 1.61. The number of hydrogen-bond acceptors (Lipinski definition) is 2. The zero-order valence-electron chi connectivity index (χ0n) is 9.25. The van der Waals surface area contributed by atoms with Crippen LogP contribution in [0.3, 0.4) is 0 Å². The third-order valence-corrected chi connectivity index (χ3v) is 2.39. The average molecular weight is 252 g/mol. The SMILES string of the molecule is O=C(O)Cn1nc(-c2ccccc2)cc1C(F)F. The second-order valence-corrected chi connectivity index (χ2v) is 3.67. The molecule has 0 aliphatic heterocycles. The largest absolute Gasteiger partial charge is 0.480 e. The zero-order valence-corrected chi connectivity index (χ0v) is 9.25. The van der Waals surface area contributed by atoms with Gasteiger partial charge in [-0.05, 0) is 6.07 Å². The van der Waals surface area contributed by atoms with Crippen LogP contribution < -0.4 is 0 Å². The number of carboxylic acids is 1. The number of halogens is 2. The third-order valence-electron chi connectivity index (χ3n) is 2.39. The lowest BCUT2D eigenvalue weighted by Crippen LogP contribution is -2.13. The van der Waals surface area contributed by atoms with Gasteiger partial charge in [0, 0.05) is 5.56 Å². The van der Waals surface area contributed by atoms with Crippen LogP contribution in [0.5, 0.6) is 0 Å². The fourth-order valence-electron chi connectivity index (χ4n) is 1.61. The summed E-state index contributed by atoms with van der Waals surface area (Å²) in [5.41, 5.74) is 0.618. The van der Waals surface area contributed by atoms with Gasteiger partial charge < -0.3 is 5.11 Å². The quantitative estimate of drug-likeness (QED) is 0.909. The summed E-state index contributed by atoms with van der Waals surface area (Å²) in [4.78, 5) is 10.6. The third kappa shape index (κ3) is 2.53. The number of hydrogen-bond donors (Lipinski definition) is 1. The van der Waals surface area contributed by atoms with Gasteiger partial charge in [-0.1, -0.05) is 30.3 Å². The van der Waals surface area contributed by atoms with E-state index < -0.39 is 24.6 Å². The summed E-state index contributed by atoms with van der Waals surface area (Å²) in [7, 11) is 0. The lowest BCUT2D eigenvalue weighted by atomic mass is 10.1. The summed E-state index contributed by atoms with van der Waals surface area (Å²) in [5.74, 6) is -1.21. The van der Waals surface area contributed by atoms with Crippen LogP contribution in [0.4, 0.5) is 8.78 Å². The molecular formula is C12H10F2N2O2. The highest BCUT2D eigenvalue weighted by molar-refractivity contribution is 5.67. The van der Waals surface area contributed by atoms with Crippen LogP contribution in [0.1, 0.15) is 12.1 Å². The van der Waals surface area contributed by atoms with Gasteiger partial charge in [-0.25, -0.2) is 8.78 Å². The molecule has 0 saturated heterocycles. The van der Waals surface area contributed by atoms with Gasteiger partial charge in [0.25, 0.3) is 6.43 Å². The monoisotopic (exact) mass is 252 g/mol. The van der Waals surface area contributed by atoms with E-state index in [1.165, 1.54) is 6.07 Å². The summed E-state index contributed by atoms with van der Waals surface area (Å²) in [6, 6.07) is 9.97. The predicted octanol–water partition coefficient (Wildman–Crippen LogP) is 2.57. The van der Waals surface area contributed by atoms with Crippen molar-refractivity contribution in [3.63, 3.8) is 0 Å². The molecular weight excluding hydrogens is 242 g/mol. The first-order valence-corrected chi connectivity index (χ1v) is 5.21. The zero-order chi connectivity index (χ0) is 13.1. The topological polar surface area (TPSA) is 55.1 Å². The van der Waals surface area contributed by atoms with E-state index >= 15 is 0 Å². The first-order chi connectivity index (χ1) is 8.58. The highest BCUT2D eigenvalue weighted by Gasteiger charge is 2.18. The molecule has 0 saturated carbocycles. The van der Waals surface area contributed by atoms with E-state index in [1.54, 1.807) is 30.3 Å². The van der Waals surface area contributed by atoms with Gasteiger partial charge in [-0.15, -0.1) is 0 Å². The van der Waals surface area contributed by atoms with Crippen LogP contribution in [0.15, 0.2) is 36.4 Å². The van der Waals surface area contributed by atoms with E-state index in [9.17, 15) is 13.6 Å². The van der Waals surface area contributed by atoms with Crippen molar-refractivity contribution in [1.82, 2.24) is 9.78 Å². The van der Waals surface area contributed by atoms with Gasteiger partial charge in [0.2, 0.25) is 0 Å². The normalized spacial score (nSPS) is 10.8. The van der Waals surface area contributed by atoms with Crippen LogP contribution >= 0.6 is 0 Å². The number of carboxylic acid groups (broad SMARTS) is 1. The Bertz CT molecular complexity index is 552. The molecule has 94 valence electrons. The van der Waals surface area contributed by atoms with Crippen molar-refractivity contribution in [2.24, 2.45) is 0 Å². The van der Waals surface area contributed by atoms with Crippen LogP contribution in [0.25, 0.3) is 11.3 Å². The molecule has 0 spiro atoms. The molecule has 0 unspecified atom stereocenters. The Kier molecular flexibility index (Phi) is 3.36. The van der Waals surface area contributed by atoms with Gasteiger partial charge in [0.1, 0.15) is 12.2 Å². The molecule has 0 aliphatic carbocycles. The minimum Gasteiger partial charge on any atom is -0.480 e. The van der Waals surface area contributed by atoms with Crippen molar-refractivity contribution in [3.05, 3.63) is 42.1 Å². The maximum absolute atomic E-state index is 12.8. The summed E-state index contributed by atoms with van der Waals surface area (Å²) >= 11 is 0. The van der Waals surface area contributed by atoms with E-state index in [0.717, 1.165) is 4.68 Å². The van der Waals surface area contributed by atoms with Crippen LogP contribution in [0.2, 0.25) is 0 Å². The number of carbonyl (C=O) groups is 1. The second-order valence-electron chi connectivity index (χ2n) is 3.67. The van der Waals surface area contributed by atoms with Gasteiger partial charge in [-0.3, -0.25) is 9.48 Å². The van der Waals surface area contributed by atoms with Gasteiger partial charge in [0.05, 0.1) is 5.69 Å². The number of rotatable bonds is 4. The highest BCUT2D eigenvalue weighted by Crippen LogP contribution is 2.25. The molecule has 0 aliphatic rings. The molecule has 2 aromatic rings. The molecule has 2 rings (SSSR count). The number of benzene rings is 1. The lowest BCUT2D eigenvalue weighted by molar-refractivity contribution is -0.138. The highest BCUT2D eigenvalue weighted by atomic mass is 19.3. The predicted molar refractivity (Wildman–Crippen MR) is 60.3 cm³/mol. The summed E-state index contributed by atoms with van der Waals surface area (Å²) < 4.78 is 26.3. The number of aromatic nitrogens is 2. The van der Waals surface area contributed by atoms with Crippen LogP contribution in [-0.4, -0.2) is 20.9 Å². The number of nitrogens with zero attached hydrogens (tertiary/aromatic N) is 2. The summed E-state index contributed by atoms with van der Waals surface area (Å²) in [6.07, 6.45) is -2.76. The van der Waals surface area contributed by atoms with E-state index in [0.29, 0.717) is 11.3 Å². The number of aliphatic carboxylic acids is 1. The smallest absolute Gasteiger partial charge is 0.325 e. The summed E-state index contributed by atoms with van der Waals surface area (Å²) in [6.45, 7) is -0.577. The second kappa shape index (κ2) is 4.95. The molecule has 0 atom stereocenters. The molecule has 0 amide bonds. The lowest BCUT2D eigenvalue weighted by Gasteiger charge is -2.02. The Morgan fingerprint density at radius 2 is 2.00 bits per heavy atom. The Hall–Kier alpha value is -2.24. The maximum Gasteiger partial charge on any atom is 0.325 e. The first-order valence-electron chi connectivity index (χ1n) is 5.21. The molecule has 18 heavy (non-hydrogen) atoms. The van der Waals surface area contributed by atoms with Crippen molar-refractivity contribution in [1.29, 1.82) is 0 Å². The minimum absolute atomic E-state index is 0.340. The molecule has 0 fully saturated rings. The first kappa shape index (κ1) is 12.2. The van der Waals surface area contributed by atoms with Crippen LogP contribution in [-0.2, 0) is 11.3 Å². The number of alkyl halides is 2. The van der Waals surface area contributed by atoms with Crippen molar-refractivity contribution in [2.45, 2.75) is 13.0 Å². The minimum atomic E-state index is -2.76. The molecule has 6 heteroatoms. The average Bonchev–Trinajstić information content (AvgIpc) is 2.73. The van der Waals surface area contributed by atoms with Gasteiger partial charge in [-0.2, -0.15) is 5.10 Å². The summed E-state index contributed by atoms with van der Waals surface area (Å²) in [5, 5.41) is 12.5. The molecule has 0 radical (unpaired) electrons. The van der Waals surface area contributed by atoms with E-state index in [1.807, 2.05) is 0 Å². The molecule has 1 aromatic heterocycles. The van der Waals surface area contributed by atoms with Crippen LogP contribution in [0, 0.1) is 0 Å². The van der Waals surface area contributed by atoms with E-state index in [4.69, 9.17) is 5.11 Å². The molecule has 1 heterocycles. The van der Waals surface area contributed by atoms with Crippen molar-refractivity contribution >= 4 is 5.97 Å². The van der Waals surface area contributed by atoms with E-state index in [2.05, 4.69) is 5.10 Å². The van der Waals surface area contributed by atoms with Crippen molar-refractivity contribution in [2.75, 3.05) is 0 Å². The maximum atomic E-state index is 12.8. The van der Waals surface area contributed by atoms with Crippen molar-refractivity contribution in [3.8, 4) is 11.3 Å². The Labute approximate surface area is 101 Å².